The predicted octanol–water partition coefficient (Wildman–Crippen LogP) is -1.69. The van der Waals surface area contributed by atoms with Crippen molar-refractivity contribution in [1.29, 1.82) is 0 Å². The van der Waals surface area contributed by atoms with E-state index >= 15 is 0 Å². The maximum atomic E-state index is 8.06. The molecule has 0 saturated heterocycles. The molecule has 0 spiro atoms. The average Bonchev–Trinajstić information content (AvgIpc) is 2.09. The second-order valence-electron chi connectivity index (χ2n) is 1.41. The van der Waals surface area contributed by atoms with Gasteiger partial charge in [0.05, 0.1) is 0 Å². The van der Waals surface area contributed by atoms with Crippen LogP contribution in [0.1, 0.15) is 0 Å². The summed E-state index contributed by atoms with van der Waals surface area (Å²) in [7, 11) is 0. The second kappa shape index (κ2) is 8.50. The Morgan fingerprint density at radius 2 is 1.00 bits per heavy atom. The van der Waals surface area contributed by atoms with Crippen LogP contribution < -0.4 is 17.2 Å². The van der Waals surface area contributed by atoms with Gasteiger partial charge in [0, 0.05) is 0 Å². The van der Waals surface area contributed by atoms with Crippen LogP contribution in [0.15, 0.2) is 0 Å². The first-order valence-electron chi connectivity index (χ1n) is 2.65. The summed E-state index contributed by atoms with van der Waals surface area (Å²) in [6.45, 7) is 2.00. The quantitative estimate of drug-likeness (QED) is 0.444. The molecule has 0 atom stereocenters. The van der Waals surface area contributed by atoms with Gasteiger partial charge < -0.3 is 22.0 Å². The van der Waals surface area contributed by atoms with Crippen molar-refractivity contribution in [3.63, 3.8) is 0 Å². The molecule has 0 fully saturated rings. The zero-order valence-electron chi connectivity index (χ0n) is 6.48. The fourth-order valence-corrected chi connectivity index (χ4v) is 0.427. The summed E-state index contributed by atoms with van der Waals surface area (Å²) in [5.41, 5.74) is 15.4. The van der Waals surface area contributed by atoms with Gasteiger partial charge in [-0.3, -0.25) is 0 Å². The van der Waals surface area contributed by atoms with Gasteiger partial charge in [0.15, 0.2) is 0 Å². The van der Waals surface area contributed by atoms with Crippen molar-refractivity contribution in [2.45, 2.75) is 0 Å². The molecule has 9 heteroatoms. The molecule has 0 radical (unpaired) electrons. The number of carbonyl (C=O) groups is 1. The first-order chi connectivity index (χ1) is 6.18. The summed E-state index contributed by atoms with van der Waals surface area (Å²) in [4.78, 5) is 18.5. The van der Waals surface area contributed by atoms with Gasteiger partial charge in [-0.25, -0.2) is 0 Å². The number of carbonyl (C=O) groups excluding carboxylic acids is 1. The van der Waals surface area contributed by atoms with Crippen molar-refractivity contribution in [2.75, 3.05) is 17.2 Å². The first-order valence-corrected chi connectivity index (χ1v) is 3.13. The molecule has 13 heavy (non-hydrogen) atoms. The zero-order chi connectivity index (χ0) is 10.9. The van der Waals surface area contributed by atoms with Gasteiger partial charge in [0.1, 0.15) is 6.79 Å². The molecule has 0 saturated carbocycles. The number of aromatic nitrogens is 3. The summed E-state index contributed by atoms with van der Waals surface area (Å²) in [5.74, 6) is 0.125. The van der Waals surface area contributed by atoms with Crippen LogP contribution in [0, 0.1) is 0 Å². The number of nitrogen functional groups attached to an aromatic ring is 3. The Hall–Kier alpha value is -1.60. The van der Waals surface area contributed by atoms with Crippen molar-refractivity contribution in [3.05, 3.63) is 0 Å². The standard InChI is InChI=1S/C3H6N6.CH2O.Mn.O/c4-1-7-2(5)9-3(6)8-1;1-2;;/h(H6,4,5,6,7,8,9);1H2;;. The van der Waals surface area contributed by atoms with E-state index in [0.717, 1.165) is 0 Å². The van der Waals surface area contributed by atoms with E-state index in [1.807, 2.05) is 6.79 Å². The molecule has 0 aliphatic heterocycles. The van der Waals surface area contributed by atoms with Gasteiger partial charge >= 0.3 is 19.8 Å². The van der Waals surface area contributed by atoms with Crippen LogP contribution in [0.5, 0.6) is 0 Å². The van der Waals surface area contributed by atoms with E-state index in [2.05, 4.69) is 15.0 Å². The molecular weight excluding hydrogens is 219 g/mol. The fourth-order valence-electron chi connectivity index (χ4n) is 0.427. The third-order valence-electron chi connectivity index (χ3n) is 0.687. The Bertz CT molecular complexity index is 206. The van der Waals surface area contributed by atoms with E-state index in [1.165, 1.54) is 0 Å². The molecule has 0 aliphatic carbocycles. The van der Waals surface area contributed by atoms with Crippen molar-refractivity contribution < 1.29 is 24.6 Å². The van der Waals surface area contributed by atoms with E-state index in [1.54, 1.807) is 15.9 Å². The summed E-state index contributed by atoms with van der Waals surface area (Å²) in [5, 5.41) is 0. The van der Waals surface area contributed by atoms with E-state index in [0.29, 0.717) is 0 Å². The number of hydrogen-bond donors (Lipinski definition) is 3. The molecule has 0 bridgehead atoms. The van der Waals surface area contributed by atoms with E-state index in [-0.39, 0.29) is 17.8 Å². The van der Waals surface area contributed by atoms with Crippen molar-refractivity contribution in [3.8, 4) is 0 Å². The van der Waals surface area contributed by atoms with Gasteiger partial charge in [0.2, 0.25) is 17.8 Å². The van der Waals surface area contributed by atoms with E-state index in [9.17, 15) is 0 Å². The Labute approximate surface area is 82.0 Å². The summed E-state index contributed by atoms with van der Waals surface area (Å²) >= 11 is 1.69. The van der Waals surface area contributed by atoms with Gasteiger partial charge in [0.25, 0.3) is 0 Å². The van der Waals surface area contributed by atoms with Gasteiger partial charge in [-0.05, 0) is 0 Å². The van der Waals surface area contributed by atoms with Crippen LogP contribution in [0.4, 0.5) is 17.8 Å². The van der Waals surface area contributed by atoms with Gasteiger partial charge in [-0.2, -0.15) is 15.0 Å². The number of nitrogens with zero attached hydrogens (tertiary/aromatic N) is 3. The molecule has 6 N–H and O–H groups in total. The van der Waals surface area contributed by atoms with Crippen molar-refractivity contribution >= 4 is 24.6 Å². The summed E-state index contributed by atoms with van der Waals surface area (Å²) in [6, 6.07) is 0. The number of hydrogen-bond acceptors (Lipinski definition) is 8. The second-order valence-corrected chi connectivity index (χ2v) is 1.41. The molecule has 1 heterocycles. The molecular formula is C4H8MnN6O2. The number of rotatable bonds is 0. The van der Waals surface area contributed by atoms with Crippen LogP contribution in [-0.4, -0.2) is 21.7 Å². The van der Waals surface area contributed by atoms with Crippen LogP contribution in [0.2, 0.25) is 0 Å². The third kappa shape index (κ3) is 6.78. The summed E-state index contributed by atoms with van der Waals surface area (Å²) in [6.07, 6.45) is 0. The fraction of sp³-hybridized carbons (Fsp3) is 0. The van der Waals surface area contributed by atoms with Crippen LogP contribution >= 0.6 is 0 Å². The molecule has 0 aromatic carbocycles. The summed E-state index contributed by atoms with van der Waals surface area (Å²) < 4.78 is 8.06. The van der Waals surface area contributed by atoms with E-state index in [4.69, 9.17) is 25.8 Å². The topological polar surface area (TPSA) is 151 Å². The SMILES string of the molecule is C=O.Nc1nc(N)nc(N)n1.[O]=[Mn]. The van der Waals surface area contributed by atoms with Crippen LogP contribution in [0.25, 0.3) is 0 Å². The first kappa shape index (κ1) is 14.0. The van der Waals surface area contributed by atoms with E-state index < -0.39 is 0 Å². The van der Waals surface area contributed by atoms with Crippen molar-refractivity contribution in [1.82, 2.24) is 15.0 Å². The van der Waals surface area contributed by atoms with Crippen LogP contribution in [0.3, 0.4) is 0 Å². The van der Waals surface area contributed by atoms with Gasteiger partial charge in [-0.1, -0.05) is 0 Å². The average molecular weight is 227 g/mol. The van der Waals surface area contributed by atoms with Crippen LogP contribution in [-0.2, 0) is 24.6 Å². The Morgan fingerprint density at radius 3 is 1.15 bits per heavy atom. The zero-order valence-corrected chi connectivity index (χ0v) is 7.66. The molecule has 8 nitrogen and oxygen atoms in total. The maximum absolute atomic E-state index is 8.06. The van der Waals surface area contributed by atoms with Gasteiger partial charge in [-0.15, -0.1) is 0 Å². The molecule has 0 amide bonds. The third-order valence-corrected chi connectivity index (χ3v) is 0.687. The Kier molecular flexibility index (Phi) is 9.12. The molecule has 73 valence electrons. The minimum atomic E-state index is 0.0417. The molecule has 0 aliphatic rings. The number of nitrogens with two attached hydrogens (primary N) is 3. The molecule has 1 aromatic heterocycles. The number of anilines is 3. The molecule has 0 unspecified atom stereocenters. The Balaban J connectivity index is 0. The molecule has 1 aromatic rings. The molecule has 1 rings (SSSR count). The Morgan fingerprint density at radius 1 is 0.846 bits per heavy atom. The minimum absolute atomic E-state index is 0.0417. The van der Waals surface area contributed by atoms with Crippen molar-refractivity contribution in [2.24, 2.45) is 0 Å². The predicted molar refractivity (Wildman–Crippen MR) is 40.9 cm³/mol. The normalized spacial score (nSPS) is 7.08. The monoisotopic (exact) mass is 227 g/mol.